The Hall–Kier alpha value is -2.52. The summed E-state index contributed by atoms with van der Waals surface area (Å²) in [6.45, 7) is 0. The highest BCUT2D eigenvalue weighted by Gasteiger charge is 2.30. The normalized spacial score (nSPS) is 20.2. The van der Waals surface area contributed by atoms with Crippen LogP contribution in [0.3, 0.4) is 0 Å². The monoisotopic (exact) mass is 330 g/mol. The SMILES string of the molecule is N#CC1CCCC1NC(=O)c1nn(-c2cccc(Cl)c2)cc1O. The van der Waals surface area contributed by atoms with Gasteiger partial charge in [-0.25, -0.2) is 4.68 Å². The summed E-state index contributed by atoms with van der Waals surface area (Å²) in [5, 5.41) is 26.5. The number of halogens is 1. The smallest absolute Gasteiger partial charge is 0.275 e. The minimum absolute atomic E-state index is 0.0615. The van der Waals surface area contributed by atoms with Crippen molar-refractivity contribution in [2.24, 2.45) is 5.92 Å². The molecule has 23 heavy (non-hydrogen) atoms. The van der Waals surface area contributed by atoms with Gasteiger partial charge in [0, 0.05) is 11.1 Å². The molecule has 0 aliphatic heterocycles. The highest BCUT2D eigenvalue weighted by Crippen LogP contribution is 2.26. The topological polar surface area (TPSA) is 90.9 Å². The van der Waals surface area contributed by atoms with Gasteiger partial charge in [-0.2, -0.15) is 10.4 Å². The third-order valence-corrected chi connectivity index (χ3v) is 4.22. The Balaban J connectivity index is 1.81. The van der Waals surface area contributed by atoms with E-state index in [-0.39, 0.29) is 23.4 Å². The van der Waals surface area contributed by atoms with Crippen LogP contribution in [0, 0.1) is 17.2 Å². The van der Waals surface area contributed by atoms with Gasteiger partial charge in [0.25, 0.3) is 5.91 Å². The van der Waals surface area contributed by atoms with Gasteiger partial charge in [0.15, 0.2) is 11.4 Å². The Kier molecular flexibility index (Phi) is 4.22. The molecular formula is C16H15ClN4O2. The molecule has 0 saturated heterocycles. The first-order valence-electron chi connectivity index (χ1n) is 7.33. The molecule has 7 heteroatoms. The summed E-state index contributed by atoms with van der Waals surface area (Å²) >= 11 is 5.94. The summed E-state index contributed by atoms with van der Waals surface area (Å²) in [6.07, 6.45) is 3.81. The lowest BCUT2D eigenvalue weighted by Crippen LogP contribution is -2.37. The second-order valence-corrected chi connectivity index (χ2v) is 5.97. The van der Waals surface area contributed by atoms with E-state index < -0.39 is 5.91 Å². The summed E-state index contributed by atoms with van der Waals surface area (Å²) in [4.78, 5) is 12.3. The van der Waals surface area contributed by atoms with E-state index in [0.29, 0.717) is 10.7 Å². The number of aromatic hydroxyl groups is 1. The second-order valence-electron chi connectivity index (χ2n) is 5.53. The van der Waals surface area contributed by atoms with Gasteiger partial charge in [0.1, 0.15) is 0 Å². The summed E-state index contributed by atoms with van der Waals surface area (Å²) in [5.74, 6) is -0.875. The number of carbonyl (C=O) groups is 1. The van der Waals surface area contributed by atoms with E-state index in [1.807, 2.05) is 0 Å². The number of nitriles is 1. The van der Waals surface area contributed by atoms with E-state index in [1.54, 1.807) is 24.3 Å². The van der Waals surface area contributed by atoms with Crippen molar-refractivity contribution in [3.8, 4) is 17.5 Å². The van der Waals surface area contributed by atoms with E-state index in [0.717, 1.165) is 19.3 Å². The van der Waals surface area contributed by atoms with Gasteiger partial charge in [-0.05, 0) is 37.5 Å². The van der Waals surface area contributed by atoms with Gasteiger partial charge in [-0.3, -0.25) is 4.79 Å². The Morgan fingerprint density at radius 1 is 1.48 bits per heavy atom. The zero-order valence-electron chi connectivity index (χ0n) is 12.2. The van der Waals surface area contributed by atoms with Crippen LogP contribution in [-0.2, 0) is 0 Å². The predicted molar refractivity (Wildman–Crippen MR) is 84.4 cm³/mol. The third-order valence-electron chi connectivity index (χ3n) is 3.98. The van der Waals surface area contributed by atoms with E-state index in [4.69, 9.17) is 16.9 Å². The molecule has 0 spiro atoms. The van der Waals surface area contributed by atoms with E-state index in [9.17, 15) is 9.90 Å². The Labute approximate surface area is 138 Å². The summed E-state index contributed by atoms with van der Waals surface area (Å²) < 4.78 is 1.40. The standard InChI is InChI=1S/C16H15ClN4O2/c17-11-4-2-5-12(7-11)21-9-14(22)15(20-21)16(23)19-13-6-1-3-10(13)8-18/h2,4-5,7,9-10,13,22H,1,3,6H2,(H,19,23). The highest BCUT2D eigenvalue weighted by atomic mass is 35.5. The van der Waals surface area contributed by atoms with Crippen molar-refractivity contribution < 1.29 is 9.90 Å². The number of rotatable bonds is 3. The first-order chi connectivity index (χ1) is 11.1. The van der Waals surface area contributed by atoms with Crippen molar-refractivity contribution in [2.75, 3.05) is 0 Å². The van der Waals surface area contributed by atoms with Crippen LogP contribution in [0.4, 0.5) is 0 Å². The molecule has 3 rings (SSSR count). The predicted octanol–water partition coefficient (Wildman–Crippen LogP) is 2.65. The fraction of sp³-hybridized carbons (Fsp3) is 0.312. The lowest BCUT2D eigenvalue weighted by Gasteiger charge is -2.14. The highest BCUT2D eigenvalue weighted by molar-refractivity contribution is 6.30. The molecular weight excluding hydrogens is 316 g/mol. The van der Waals surface area contributed by atoms with Crippen molar-refractivity contribution in [1.29, 1.82) is 5.26 Å². The molecule has 1 aliphatic rings. The minimum atomic E-state index is -0.476. The summed E-state index contributed by atoms with van der Waals surface area (Å²) in [5.41, 5.74) is 0.580. The first kappa shape index (κ1) is 15.4. The first-order valence-corrected chi connectivity index (χ1v) is 7.71. The number of carbonyl (C=O) groups excluding carboxylic acids is 1. The number of nitrogens with zero attached hydrogens (tertiary/aromatic N) is 3. The van der Waals surface area contributed by atoms with Crippen LogP contribution in [0.15, 0.2) is 30.5 Å². The molecule has 1 aromatic carbocycles. The van der Waals surface area contributed by atoms with Crippen molar-refractivity contribution in [2.45, 2.75) is 25.3 Å². The molecule has 2 atom stereocenters. The van der Waals surface area contributed by atoms with Crippen LogP contribution in [0.1, 0.15) is 29.8 Å². The fourth-order valence-corrected chi connectivity index (χ4v) is 2.99. The maximum absolute atomic E-state index is 12.3. The fourth-order valence-electron chi connectivity index (χ4n) is 2.80. The van der Waals surface area contributed by atoms with E-state index in [2.05, 4.69) is 16.5 Å². The van der Waals surface area contributed by atoms with Crippen molar-refractivity contribution in [3.05, 3.63) is 41.2 Å². The average molecular weight is 331 g/mol. The van der Waals surface area contributed by atoms with Gasteiger partial charge in [-0.1, -0.05) is 17.7 Å². The largest absolute Gasteiger partial charge is 0.504 e. The third kappa shape index (κ3) is 3.15. The maximum Gasteiger partial charge on any atom is 0.275 e. The minimum Gasteiger partial charge on any atom is -0.504 e. The van der Waals surface area contributed by atoms with Crippen molar-refractivity contribution in [1.82, 2.24) is 15.1 Å². The lowest BCUT2D eigenvalue weighted by atomic mass is 10.1. The quantitative estimate of drug-likeness (QED) is 0.905. The molecule has 1 aliphatic carbocycles. The zero-order valence-corrected chi connectivity index (χ0v) is 13.0. The molecule has 1 aromatic heterocycles. The zero-order chi connectivity index (χ0) is 16.4. The molecule has 1 heterocycles. The van der Waals surface area contributed by atoms with Gasteiger partial charge in [0.05, 0.1) is 23.9 Å². The molecule has 6 nitrogen and oxygen atoms in total. The number of amides is 1. The molecule has 1 amide bonds. The number of hydrogen-bond acceptors (Lipinski definition) is 4. The van der Waals surface area contributed by atoms with E-state index in [1.165, 1.54) is 10.9 Å². The Morgan fingerprint density at radius 2 is 2.30 bits per heavy atom. The van der Waals surface area contributed by atoms with Crippen molar-refractivity contribution in [3.63, 3.8) is 0 Å². The molecule has 2 N–H and O–H groups in total. The Morgan fingerprint density at radius 3 is 3.04 bits per heavy atom. The average Bonchev–Trinajstić information content (AvgIpc) is 3.13. The van der Waals surface area contributed by atoms with Gasteiger partial charge < -0.3 is 10.4 Å². The number of hydrogen-bond donors (Lipinski definition) is 2. The number of nitrogens with one attached hydrogen (secondary N) is 1. The van der Waals surface area contributed by atoms with E-state index >= 15 is 0 Å². The van der Waals surface area contributed by atoms with Crippen LogP contribution in [0.2, 0.25) is 5.02 Å². The van der Waals surface area contributed by atoms with Gasteiger partial charge >= 0.3 is 0 Å². The maximum atomic E-state index is 12.3. The molecule has 0 bridgehead atoms. The molecule has 118 valence electrons. The summed E-state index contributed by atoms with van der Waals surface area (Å²) in [7, 11) is 0. The Bertz CT molecular complexity index is 781. The second kappa shape index (κ2) is 6.31. The number of benzene rings is 1. The number of aromatic nitrogens is 2. The van der Waals surface area contributed by atoms with Crippen LogP contribution < -0.4 is 5.32 Å². The van der Waals surface area contributed by atoms with Crippen LogP contribution in [0.5, 0.6) is 5.75 Å². The van der Waals surface area contributed by atoms with Gasteiger partial charge in [0.2, 0.25) is 0 Å². The van der Waals surface area contributed by atoms with Crippen LogP contribution in [-0.4, -0.2) is 26.8 Å². The van der Waals surface area contributed by atoms with Gasteiger partial charge in [-0.15, -0.1) is 0 Å². The van der Waals surface area contributed by atoms with Crippen molar-refractivity contribution >= 4 is 17.5 Å². The molecule has 2 unspecified atom stereocenters. The molecule has 1 fully saturated rings. The van der Waals surface area contributed by atoms with Crippen LogP contribution >= 0.6 is 11.6 Å². The molecule has 0 radical (unpaired) electrons. The van der Waals surface area contributed by atoms with Crippen LogP contribution in [0.25, 0.3) is 5.69 Å². The molecule has 2 aromatic rings. The lowest BCUT2D eigenvalue weighted by molar-refractivity contribution is 0.0924. The molecule has 1 saturated carbocycles. The summed E-state index contributed by atoms with van der Waals surface area (Å²) in [6, 6.07) is 8.94.